The van der Waals surface area contributed by atoms with Gasteiger partial charge in [-0.2, -0.15) is 0 Å². The third-order valence-electron chi connectivity index (χ3n) is 5.05. The zero-order valence-electron chi connectivity index (χ0n) is 12.6. The lowest BCUT2D eigenvalue weighted by Crippen LogP contribution is -2.58. The summed E-state index contributed by atoms with van der Waals surface area (Å²) >= 11 is 12.2. The second kappa shape index (κ2) is 6.76. The van der Waals surface area contributed by atoms with Crippen LogP contribution in [0, 0.1) is 5.92 Å². The van der Waals surface area contributed by atoms with Crippen molar-refractivity contribution in [1.82, 2.24) is 5.32 Å². The standard InChI is InChI=1S/C17H24Cl2N2/c1-12-10-20-17(13-5-3-2-4-6-13)11-21(12)14-7-8-15(18)16(19)9-14/h7-9,12-13,17,20H,2-6,10-11H2,1H3. The molecule has 1 aromatic carbocycles. The highest BCUT2D eigenvalue weighted by molar-refractivity contribution is 6.42. The molecule has 116 valence electrons. The second-order valence-corrected chi connectivity index (χ2v) is 7.33. The maximum atomic E-state index is 6.19. The lowest BCUT2D eigenvalue weighted by molar-refractivity contribution is 0.245. The highest BCUT2D eigenvalue weighted by Crippen LogP contribution is 2.32. The molecule has 1 saturated carbocycles. The summed E-state index contributed by atoms with van der Waals surface area (Å²) in [4.78, 5) is 2.48. The summed E-state index contributed by atoms with van der Waals surface area (Å²) < 4.78 is 0. The van der Waals surface area contributed by atoms with Crippen LogP contribution in [0.2, 0.25) is 10.0 Å². The third-order valence-corrected chi connectivity index (χ3v) is 5.79. The van der Waals surface area contributed by atoms with Crippen LogP contribution in [0.4, 0.5) is 5.69 Å². The molecule has 1 saturated heterocycles. The van der Waals surface area contributed by atoms with Crippen LogP contribution in [0.5, 0.6) is 0 Å². The monoisotopic (exact) mass is 326 g/mol. The SMILES string of the molecule is CC1CNC(C2CCCCC2)CN1c1ccc(Cl)c(Cl)c1. The van der Waals surface area contributed by atoms with Gasteiger partial charge in [0.2, 0.25) is 0 Å². The summed E-state index contributed by atoms with van der Waals surface area (Å²) in [5.74, 6) is 0.830. The smallest absolute Gasteiger partial charge is 0.0612 e. The van der Waals surface area contributed by atoms with Crippen LogP contribution >= 0.6 is 23.2 Å². The summed E-state index contributed by atoms with van der Waals surface area (Å²) in [6.07, 6.45) is 6.95. The van der Waals surface area contributed by atoms with E-state index in [-0.39, 0.29) is 0 Å². The second-order valence-electron chi connectivity index (χ2n) is 6.51. The zero-order valence-corrected chi connectivity index (χ0v) is 14.1. The van der Waals surface area contributed by atoms with Crippen LogP contribution in [0.1, 0.15) is 39.0 Å². The van der Waals surface area contributed by atoms with E-state index in [1.807, 2.05) is 12.1 Å². The van der Waals surface area contributed by atoms with Crippen LogP contribution in [0.3, 0.4) is 0 Å². The first kappa shape index (κ1) is 15.5. The van der Waals surface area contributed by atoms with Crippen molar-refractivity contribution < 1.29 is 0 Å². The molecule has 1 N–H and O–H groups in total. The highest BCUT2D eigenvalue weighted by atomic mass is 35.5. The van der Waals surface area contributed by atoms with Crippen molar-refractivity contribution in [2.75, 3.05) is 18.0 Å². The minimum Gasteiger partial charge on any atom is -0.366 e. The lowest BCUT2D eigenvalue weighted by Gasteiger charge is -2.44. The van der Waals surface area contributed by atoms with E-state index < -0.39 is 0 Å². The quantitative estimate of drug-likeness (QED) is 0.844. The third kappa shape index (κ3) is 3.49. The average Bonchev–Trinajstić information content (AvgIpc) is 2.51. The molecule has 3 rings (SSSR count). The summed E-state index contributed by atoms with van der Waals surface area (Å²) in [6.45, 7) is 4.39. The fourth-order valence-corrected chi connectivity index (χ4v) is 4.06. The first-order chi connectivity index (χ1) is 10.1. The van der Waals surface area contributed by atoms with Gasteiger partial charge >= 0.3 is 0 Å². The van der Waals surface area contributed by atoms with Crippen LogP contribution in [-0.4, -0.2) is 25.2 Å². The molecule has 21 heavy (non-hydrogen) atoms. The number of nitrogens with one attached hydrogen (secondary N) is 1. The van der Waals surface area contributed by atoms with Crippen molar-refractivity contribution in [3.63, 3.8) is 0 Å². The van der Waals surface area contributed by atoms with Gasteiger partial charge in [0.25, 0.3) is 0 Å². The summed E-state index contributed by atoms with van der Waals surface area (Å²) in [7, 11) is 0. The first-order valence-corrected chi connectivity index (χ1v) is 8.86. The number of piperazine rings is 1. The van der Waals surface area contributed by atoms with Crippen molar-refractivity contribution >= 4 is 28.9 Å². The van der Waals surface area contributed by atoms with E-state index in [1.54, 1.807) is 0 Å². The van der Waals surface area contributed by atoms with Crippen molar-refractivity contribution in [3.8, 4) is 0 Å². The van der Waals surface area contributed by atoms with Crippen LogP contribution in [0.15, 0.2) is 18.2 Å². The zero-order chi connectivity index (χ0) is 14.8. The normalized spacial score (nSPS) is 27.9. The van der Waals surface area contributed by atoms with Gasteiger partial charge in [0.05, 0.1) is 10.0 Å². The number of hydrogen-bond acceptors (Lipinski definition) is 2. The van der Waals surface area contributed by atoms with E-state index >= 15 is 0 Å². The van der Waals surface area contributed by atoms with Crippen molar-refractivity contribution in [2.24, 2.45) is 5.92 Å². The predicted molar refractivity (Wildman–Crippen MR) is 91.6 cm³/mol. The highest BCUT2D eigenvalue weighted by Gasteiger charge is 2.31. The molecular weight excluding hydrogens is 303 g/mol. The van der Waals surface area contributed by atoms with Gasteiger partial charge in [-0.1, -0.05) is 42.5 Å². The Morgan fingerprint density at radius 2 is 1.86 bits per heavy atom. The van der Waals surface area contributed by atoms with Gasteiger partial charge in [0.15, 0.2) is 0 Å². The molecule has 2 atom stereocenters. The van der Waals surface area contributed by atoms with Gasteiger partial charge in [-0.05, 0) is 43.9 Å². The van der Waals surface area contributed by atoms with Crippen molar-refractivity contribution in [3.05, 3.63) is 28.2 Å². The molecule has 1 heterocycles. The number of rotatable bonds is 2. The number of hydrogen-bond donors (Lipinski definition) is 1. The number of nitrogens with zero attached hydrogens (tertiary/aromatic N) is 1. The molecule has 2 unspecified atom stereocenters. The van der Waals surface area contributed by atoms with E-state index in [4.69, 9.17) is 23.2 Å². The van der Waals surface area contributed by atoms with E-state index in [1.165, 1.54) is 37.8 Å². The molecule has 1 aliphatic heterocycles. The Kier molecular flexibility index (Phi) is 4.98. The summed E-state index contributed by atoms with van der Waals surface area (Å²) in [5.41, 5.74) is 1.19. The molecule has 1 aliphatic carbocycles. The van der Waals surface area contributed by atoms with Gasteiger partial charge in [-0.25, -0.2) is 0 Å². The molecule has 0 radical (unpaired) electrons. The Morgan fingerprint density at radius 3 is 2.57 bits per heavy atom. The fourth-order valence-electron chi connectivity index (χ4n) is 3.76. The van der Waals surface area contributed by atoms with E-state index in [2.05, 4.69) is 23.2 Å². The molecule has 0 spiro atoms. The molecule has 0 aromatic heterocycles. The Labute approximate surface area is 137 Å². The largest absolute Gasteiger partial charge is 0.366 e. The van der Waals surface area contributed by atoms with E-state index in [0.717, 1.165) is 19.0 Å². The summed E-state index contributed by atoms with van der Waals surface area (Å²) in [6, 6.07) is 7.10. The van der Waals surface area contributed by atoms with Crippen molar-refractivity contribution in [2.45, 2.75) is 51.1 Å². The predicted octanol–water partition coefficient (Wildman–Crippen LogP) is 4.74. The fraction of sp³-hybridized carbons (Fsp3) is 0.647. The van der Waals surface area contributed by atoms with E-state index in [9.17, 15) is 0 Å². The van der Waals surface area contributed by atoms with Crippen LogP contribution in [0.25, 0.3) is 0 Å². The minimum atomic E-state index is 0.488. The van der Waals surface area contributed by atoms with Crippen LogP contribution < -0.4 is 10.2 Å². The Hall–Kier alpha value is -0.440. The maximum absolute atomic E-state index is 6.19. The number of benzene rings is 1. The Bertz CT molecular complexity index is 486. The molecule has 0 bridgehead atoms. The Balaban J connectivity index is 1.74. The molecule has 2 aliphatic rings. The summed E-state index contributed by atoms with van der Waals surface area (Å²) in [5, 5.41) is 5.04. The van der Waals surface area contributed by atoms with Crippen molar-refractivity contribution in [1.29, 1.82) is 0 Å². The minimum absolute atomic E-state index is 0.488. The lowest BCUT2D eigenvalue weighted by atomic mass is 9.82. The maximum Gasteiger partial charge on any atom is 0.0612 e. The number of anilines is 1. The number of halogens is 2. The van der Waals surface area contributed by atoms with E-state index in [0.29, 0.717) is 22.1 Å². The Morgan fingerprint density at radius 1 is 1.10 bits per heavy atom. The van der Waals surface area contributed by atoms with Crippen LogP contribution in [-0.2, 0) is 0 Å². The van der Waals surface area contributed by atoms with Gasteiger partial charge in [-0.15, -0.1) is 0 Å². The van der Waals surface area contributed by atoms with Gasteiger partial charge in [0.1, 0.15) is 0 Å². The average molecular weight is 327 g/mol. The first-order valence-electron chi connectivity index (χ1n) is 8.10. The molecule has 0 amide bonds. The molecule has 2 fully saturated rings. The van der Waals surface area contributed by atoms with Gasteiger partial charge in [0, 0.05) is 30.9 Å². The molecule has 4 heteroatoms. The van der Waals surface area contributed by atoms with Gasteiger partial charge < -0.3 is 10.2 Å². The van der Waals surface area contributed by atoms with Gasteiger partial charge in [-0.3, -0.25) is 0 Å². The molecular formula is C17H24Cl2N2. The molecule has 1 aromatic rings. The topological polar surface area (TPSA) is 15.3 Å². The molecule has 2 nitrogen and oxygen atoms in total.